The molecule has 4 rings (SSSR count). The van der Waals surface area contributed by atoms with Crippen LogP contribution in [0.5, 0.6) is 23.0 Å². The molecule has 0 radical (unpaired) electrons. The van der Waals surface area contributed by atoms with E-state index in [1.165, 1.54) is 12.8 Å². The average molecular weight is 435 g/mol. The van der Waals surface area contributed by atoms with Crippen LogP contribution >= 0.6 is 0 Å². The predicted octanol–water partition coefficient (Wildman–Crippen LogP) is 5.86. The normalized spacial score (nSPS) is 16.6. The summed E-state index contributed by atoms with van der Waals surface area (Å²) in [5.74, 6) is 2.76. The second kappa shape index (κ2) is 10.4. The van der Waals surface area contributed by atoms with Gasteiger partial charge in [-0.2, -0.15) is 0 Å². The van der Waals surface area contributed by atoms with Crippen LogP contribution in [0.25, 0.3) is 12.2 Å². The lowest BCUT2D eigenvalue weighted by molar-refractivity contribution is -0.110. The first kappa shape index (κ1) is 22.0. The van der Waals surface area contributed by atoms with E-state index in [0.29, 0.717) is 11.5 Å². The van der Waals surface area contributed by atoms with Gasteiger partial charge in [-0.3, -0.25) is 4.79 Å². The van der Waals surface area contributed by atoms with Crippen molar-refractivity contribution in [1.82, 2.24) is 0 Å². The molecule has 0 heterocycles. The maximum Gasteiger partial charge on any atom is 0.178 e. The SMILES string of the molecule is COc1ccc(C=CC(=O)C=Cc2ccc(OC)c(OC3CCC3)c2)cc1OC1CCC1. The highest BCUT2D eigenvalue weighted by atomic mass is 16.5. The van der Waals surface area contributed by atoms with Crippen molar-refractivity contribution in [1.29, 1.82) is 0 Å². The van der Waals surface area contributed by atoms with Crippen LogP contribution in [0.1, 0.15) is 49.7 Å². The van der Waals surface area contributed by atoms with Crippen LogP contribution in [-0.2, 0) is 4.79 Å². The summed E-state index contributed by atoms with van der Waals surface area (Å²) in [6.45, 7) is 0. The molecule has 0 saturated heterocycles. The fourth-order valence-electron chi connectivity index (χ4n) is 3.53. The second-order valence-electron chi connectivity index (χ2n) is 8.23. The third kappa shape index (κ3) is 5.52. The molecule has 0 amide bonds. The lowest BCUT2D eigenvalue weighted by atomic mass is 9.96. The van der Waals surface area contributed by atoms with Gasteiger partial charge in [-0.25, -0.2) is 0 Å². The third-order valence-corrected chi connectivity index (χ3v) is 5.95. The molecule has 0 unspecified atom stereocenters. The number of methoxy groups -OCH3 is 2. The number of hydrogen-bond donors (Lipinski definition) is 0. The largest absolute Gasteiger partial charge is 0.493 e. The van der Waals surface area contributed by atoms with Crippen LogP contribution in [0.3, 0.4) is 0 Å². The Labute approximate surface area is 189 Å². The maximum atomic E-state index is 12.4. The molecule has 0 aromatic heterocycles. The molecule has 2 saturated carbocycles. The van der Waals surface area contributed by atoms with Gasteiger partial charge in [-0.1, -0.05) is 24.3 Å². The number of carbonyl (C=O) groups is 1. The van der Waals surface area contributed by atoms with Crippen LogP contribution in [-0.4, -0.2) is 32.2 Å². The van der Waals surface area contributed by atoms with Gasteiger partial charge in [0.25, 0.3) is 0 Å². The van der Waals surface area contributed by atoms with Crippen molar-refractivity contribution < 1.29 is 23.7 Å². The molecule has 2 aliphatic carbocycles. The molecule has 0 spiro atoms. The highest BCUT2D eigenvalue weighted by molar-refractivity contribution is 6.04. The molecule has 0 atom stereocenters. The van der Waals surface area contributed by atoms with Crippen molar-refractivity contribution in [3.05, 3.63) is 59.7 Å². The zero-order valence-corrected chi connectivity index (χ0v) is 18.7. The zero-order chi connectivity index (χ0) is 22.3. The molecule has 5 heteroatoms. The summed E-state index contributed by atoms with van der Waals surface area (Å²) in [7, 11) is 3.27. The van der Waals surface area contributed by atoms with E-state index in [-0.39, 0.29) is 18.0 Å². The zero-order valence-electron chi connectivity index (χ0n) is 18.7. The molecule has 2 aromatic rings. The minimum Gasteiger partial charge on any atom is -0.493 e. The van der Waals surface area contributed by atoms with Gasteiger partial charge < -0.3 is 18.9 Å². The van der Waals surface area contributed by atoms with E-state index in [0.717, 1.165) is 48.3 Å². The van der Waals surface area contributed by atoms with Crippen LogP contribution < -0.4 is 18.9 Å². The lowest BCUT2D eigenvalue weighted by Gasteiger charge is -2.27. The van der Waals surface area contributed by atoms with E-state index in [4.69, 9.17) is 18.9 Å². The number of ketones is 1. The van der Waals surface area contributed by atoms with Gasteiger partial charge >= 0.3 is 0 Å². The summed E-state index contributed by atoms with van der Waals surface area (Å²) in [6, 6.07) is 11.4. The molecular weight excluding hydrogens is 404 g/mol. The monoisotopic (exact) mass is 434 g/mol. The maximum absolute atomic E-state index is 12.4. The Balaban J connectivity index is 1.40. The fraction of sp³-hybridized carbons (Fsp3) is 0.370. The fourth-order valence-corrected chi connectivity index (χ4v) is 3.53. The summed E-state index contributed by atoms with van der Waals surface area (Å²) in [5, 5.41) is 0. The van der Waals surface area contributed by atoms with Crippen molar-refractivity contribution in [3.63, 3.8) is 0 Å². The highest BCUT2D eigenvalue weighted by Gasteiger charge is 2.21. The van der Waals surface area contributed by atoms with Crippen LogP contribution in [0.2, 0.25) is 0 Å². The van der Waals surface area contributed by atoms with Crippen LogP contribution in [0, 0.1) is 0 Å². The summed E-state index contributed by atoms with van der Waals surface area (Å²) in [5.41, 5.74) is 1.78. The quantitative estimate of drug-likeness (QED) is 0.438. The molecular formula is C27H30O5. The van der Waals surface area contributed by atoms with Crippen molar-refractivity contribution in [2.45, 2.75) is 50.7 Å². The molecule has 168 valence electrons. The first-order chi connectivity index (χ1) is 15.6. The van der Waals surface area contributed by atoms with Crippen molar-refractivity contribution in [2.75, 3.05) is 14.2 Å². The van der Waals surface area contributed by atoms with Crippen LogP contribution in [0.15, 0.2) is 48.6 Å². The Morgan fingerprint density at radius 2 is 1.16 bits per heavy atom. The minimum absolute atomic E-state index is 0.0976. The van der Waals surface area contributed by atoms with Gasteiger partial charge in [-0.05, 0) is 86.1 Å². The van der Waals surface area contributed by atoms with Gasteiger partial charge in [0.1, 0.15) is 0 Å². The average Bonchev–Trinajstić information content (AvgIpc) is 2.76. The molecule has 5 nitrogen and oxygen atoms in total. The standard InChI is InChI=1S/C27H30O5/c1-29-24-15-11-19(17-26(24)31-22-5-3-6-22)9-13-21(28)14-10-20-12-16-25(30-2)27(18-20)32-23-7-4-8-23/h9-18,22-23H,3-8H2,1-2H3. The van der Waals surface area contributed by atoms with Gasteiger partial charge in [-0.15, -0.1) is 0 Å². The molecule has 0 bridgehead atoms. The first-order valence-electron chi connectivity index (χ1n) is 11.2. The van der Waals surface area contributed by atoms with E-state index in [1.54, 1.807) is 38.5 Å². The highest BCUT2D eigenvalue weighted by Crippen LogP contribution is 2.34. The van der Waals surface area contributed by atoms with Gasteiger partial charge in [0.2, 0.25) is 0 Å². The third-order valence-electron chi connectivity index (χ3n) is 5.95. The smallest absolute Gasteiger partial charge is 0.178 e. The number of allylic oxidation sites excluding steroid dienone is 2. The topological polar surface area (TPSA) is 54.0 Å². The van der Waals surface area contributed by atoms with E-state index < -0.39 is 0 Å². The second-order valence-corrected chi connectivity index (χ2v) is 8.23. The Kier molecular flexibility index (Phi) is 7.15. The Morgan fingerprint density at radius 3 is 1.50 bits per heavy atom. The molecule has 0 N–H and O–H groups in total. The number of rotatable bonds is 10. The molecule has 2 fully saturated rings. The Bertz CT molecular complexity index is 920. The van der Waals surface area contributed by atoms with Crippen molar-refractivity contribution in [3.8, 4) is 23.0 Å². The minimum atomic E-state index is -0.0976. The lowest BCUT2D eigenvalue weighted by Crippen LogP contribution is -2.24. The molecule has 2 aromatic carbocycles. The van der Waals surface area contributed by atoms with Gasteiger partial charge in [0.15, 0.2) is 28.8 Å². The number of hydrogen-bond acceptors (Lipinski definition) is 5. The van der Waals surface area contributed by atoms with E-state index in [9.17, 15) is 4.79 Å². The van der Waals surface area contributed by atoms with E-state index >= 15 is 0 Å². The predicted molar refractivity (Wildman–Crippen MR) is 126 cm³/mol. The van der Waals surface area contributed by atoms with E-state index in [1.807, 2.05) is 36.4 Å². The number of benzene rings is 2. The number of ether oxygens (including phenoxy) is 4. The van der Waals surface area contributed by atoms with Crippen molar-refractivity contribution in [2.24, 2.45) is 0 Å². The van der Waals surface area contributed by atoms with Gasteiger partial charge in [0.05, 0.1) is 26.4 Å². The van der Waals surface area contributed by atoms with Crippen molar-refractivity contribution >= 4 is 17.9 Å². The van der Waals surface area contributed by atoms with Crippen LogP contribution in [0.4, 0.5) is 0 Å². The summed E-state index contributed by atoms with van der Waals surface area (Å²) in [4.78, 5) is 12.4. The molecule has 2 aliphatic rings. The van der Waals surface area contributed by atoms with E-state index in [2.05, 4.69) is 0 Å². The Hall–Kier alpha value is -3.21. The first-order valence-corrected chi connectivity index (χ1v) is 11.2. The molecule has 32 heavy (non-hydrogen) atoms. The Morgan fingerprint density at radius 1 is 0.719 bits per heavy atom. The van der Waals surface area contributed by atoms with Gasteiger partial charge in [0, 0.05) is 0 Å². The number of carbonyl (C=O) groups excluding carboxylic acids is 1. The summed E-state index contributed by atoms with van der Waals surface area (Å²) in [6.07, 6.45) is 13.9. The molecule has 0 aliphatic heterocycles. The summed E-state index contributed by atoms with van der Waals surface area (Å²) >= 11 is 0. The summed E-state index contributed by atoms with van der Waals surface area (Å²) < 4.78 is 22.8.